The highest BCUT2D eigenvalue weighted by atomic mass is 79.9. The smallest absolute Gasteiger partial charge is 0.312 e. The standard InChI is InChI=1S/C12H13BrN2O4/c13-9-7-10(15(16)17)12-8(1-4-19-12)11(9)14-2-5-18-6-3-14/h7H,1-6H2. The van der Waals surface area contributed by atoms with Crippen LogP contribution in [0.5, 0.6) is 5.75 Å². The van der Waals surface area contributed by atoms with Crippen molar-refractivity contribution in [2.45, 2.75) is 6.42 Å². The molecule has 0 spiro atoms. The van der Waals surface area contributed by atoms with Crippen molar-refractivity contribution in [3.63, 3.8) is 0 Å². The van der Waals surface area contributed by atoms with E-state index in [9.17, 15) is 10.1 Å². The zero-order chi connectivity index (χ0) is 13.4. The number of nitrogens with zero attached hydrogens (tertiary/aromatic N) is 2. The van der Waals surface area contributed by atoms with Crippen molar-refractivity contribution in [2.24, 2.45) is 0 Å². The molecule has 0 aliphatic carbocycles. The minimum absolute atomic E-state index is 0.0383. The molecule has 19 heavy (non-hydrogen) atoms. The predicted molar refractivity (Wildman–Crippen MR) is 73.0 cm³/mol. The molecule has 0 aromatic heterocycles. The topological polar surface area (TPSA) is 64.8 Å². The molecular formula is C12H13BrN2O4. The molecule has 2 aliphatic rings. The number of benzene rings is 1. The SMILES string of the molecule is O=[N+]([O-])c1cc(Br)c(N2CCOCC2)c2c1OCC2. The van der Waals surface area contributed by atoms with Gasteiger partial charge in [0.1, 0.15) is 0 Å². The van der Waals surface area contributed by atoms with Gasteiger partial charge in [-0.15, -0.1) is 0 Å². The second kappa shape index (κ2) is 4.97. The van der Waals surface area contributed by atoms with Crippen molar-refractivity contribution in [1.29, 1.82) is 0 Å². The highest BCUT2D eigenvalue weighted by molar-refractivity contribution is 9.10. The number of morpholine rings is 1. The molecule has 0 unspecified atom stereocenters. The third-order valence-corrected chi connectivity index (χ3v) is 4.01. The Morgan fingerprint density at radius 3 is 2.74 bits per heavy atom. The van der Waals surface area contributed by atoms with E-state index in [1.165, 1.54) is 6.07 Å². The average Bonchev–Trinajstić information content (AvgIpc) is 2.87. The molecule has 0 saturated carbocycles. The van der Waals surface area contributed by atoms with Gasteiger partial charge < -0.3 is 14.4 Å². The molecule has 0 radical (unpaired) electrons. The molecule has 6 nitrogen and oxygen atoms in total. The molecule has 0 bridgehead atoms. The van der Waals surface area contributed by atoms with Crippen molar-refractivity contribution in [3.05, 3.63) is 26.2 Å². The van der Waals surface area contributed by atoms with Crippen LogP contribution in [0.1, 0.15) is 5.56 Å². The summed E-state index contributed by atoms with van der Waals surface area (Å²) in [6.07, 6.45) is 0.711. The van der Waals surface area contributed by atoms with Crippen molar-refractivity contribution in [2.75, 3.05) is 37.8 Å². The molecule has 1 fully saturated rings. The average molecular weight is 329 g/mol. The third kappa shape index (κ3) is 2.17. The van der Waals surface area contributed by atoms with Gasteiger partial charge in [0.25, 0.3) is 0 Å². The normalized spacial score (nSPS) is 18.1. The van der Waals surface area contributed by atoms with E-state index in [1.54, 1.807) is 0 Å². The van der Waals surface area contributed by atoms with Gasteiger partial charge in [0.15, 0.2) is 0 Å². The Balaban J connectivity index is 2.10. The number of nitro groups is 1. The lowest BCUT2D eigenvalue weighted by atomic mass is 10.1. The second-order valence-corrected chi connectivity index (χ2v) is 5.34. The van der Waals surface area contributed by atoms with Crippen molar-refractivity contribution in [3.8, 4) is 5.75 Å². The van der Waals surface area contributed by atoms with Crippen LogP contribution >= 0.6 is 15.9 Å². The van der Waals surface area contributed by atoms with Gasteiger partial charge in [0.2, 0.25) is 5.75 Å². The molecule has 1 aromatic rings. The lowest BCUT2D eigenvalue weighted by Gasteiger charge is -2.31. The molecule has 3 rings (SSSR count). The minimum atomic E-state index is -0.391. The van der Waals surface area contributed by atoms with Crippen LogP contribution in [-0.2, 0) is 11.2 Å². The highest BCUT2D eigenvalue weighted by Crippen LogP contribution is 2.45. The summed E-state index contributed by atoms with van der Waals surface area (Å²) in [5.74, 6) is 0.426. The summed E-state index contributed by atoms with van der Waals surface area (Å²) >= 11 is 3.46. The Labute approximate surface area is 118 Å². The number of hydrogen-bond donors (Lipinski definition) is 0. The van der Waals surface area contributed by atoms with Crippen molar-refractivity contribution < 1.29 is 14.4 Å². The fourth-order valence-corrected chi connectivity index (χ4v) is 3.28. The van der Waals surface area contributed by atoms with Crippen LogP contribution in [0.25, 0.3) is 0 Å². The summed E-state index contributed by atoms with van der Waals surface area (Å²) in [5, 5.41) is 11.1. The Morgan fingerprint density at radius 1 is 1.32 bits per heavy atom. The molecule has 0 amide bonds. The summed E-state index contributed by atoms with van der Waals surface area (Å²) in [7, 11) is 0. The van der Waals surface area contributed by atoms with E-state index in [-0.39, 0.29) is 5.69 Å². The first-order valence-corrected chi connectivity index (χ1v) is 6.93. The molecule has 7 heteroatoms. The number of fused-ring (bicyclic) bond motifs is 1. The first-order valence-electron chi connectivity index (χ1n) is 6.13. The highest BCUT2D eigenvalue weighted by Gasteiger charge is 2.31. The van der Waals surface area contributed by atoms with Crippen molar-refractivity contribution >= 4 is 27.3 Å². The van der Waals surface area contributed by atoms with E-state index in [4.69, 9.17) is 9.47 Å². The van der Waals surface area contributed by atoms with Gasteiger partial charge in [-0.3, -0.25) is 10.1 Å². The molecule has 2 aliphatic heterocycles. The van der Waals surface area contributed by atoms with E-state index in [2.05, 4.69) is 20.8 Å². The van der Waals surface area contributed by atoms with Gasteiger partial charge in [0.05, 0.1) is 30.4 Å². The summed E-state index contributed by atoms with van der Waals surface area (Å²) in [6, 6.07) is 1.54. The van der Waals surface area contributed by atoms with Gasteiger partial charge in [-0.2, -0.15) is 0 Å². The number of rotatable bonds is 2. The largest absolute Gasteiger partial charge is 0.486 e. The van der Waals surface area contributed by atoms with E-state index in [0.717, 1.165) is 28.8 Å². The molecule has 0 atom stereocenters. The fraction of sp³-hybridized carbons (Fsp3) is 0.500. The van der Waals surface area contributed by atoms with Crippen LogP contribution in [0.15, 0.2) is 10.5 Å². The number of ether oxygens (including phenoxy) is 2. The van der Waals surface area contributed by atoms with Gasteiger partial charge in [0, 0.05) is 35.6 Å². The minimum Gasteiger partial charge on any atom is -0.486 e. The summed E-state index contributed by atoms with van der Waals surface area (Å²) in [4.78, 5) is 12.9. The predicted octanol–water partition coefficient (Wildman–Crippen LogP) is 2.13. The Bertz CT molecular complexity index is 529. The van der Waals surface area contributed by atoms with Crippen LogP contribution in [0.2, 0.25) is 0 Å². The Kier molecular flexibility index (Phi) is 3.32. The Morgan fingerprint density at radius 2 is 2.05 bits per heavy atom. The maximum atomic E-state index is 11.1. The zero-order valence-electron chi connectivity index (χ0n) is 10.2. The Hall–Kier alpha value is -1.34. The maximum absolute atomic E-state index is 11.1. The van der Waals surface area contributed by atoms with Gasteiger partial charge in [-0.1, -0.05) is 0 Å². The number of anilines is 1. The van der Waals surface area contributed by atoms with Crippen LogP contribution in [0.4, 0.5) is 11.4 Å². The first-order chi connectivity index (χ1) is 9.18. The number of hydrogen-bond acceptors (Lipinski definition) is 5. The molecule has 0 N–H and O–H groups in total. The fourth-order valence-electron chi connectivity index (χ4n) is 2.57. The quantitative estimate of drug-likeness (QED) is 0.614. The number of nitro benzene ring substituents is 1. The maximum Gasteiger partial charge on any atom is 0.312 e. The van der Waals surface area contributed by atoms with E-state index >= 15 is 0 Å². The lowest BCUT2D eigenvalue weighted by molar-refractivity contribution is -0.385. The van der Waals surface area contributed by atoms with Gasteiger partial charge in [-0.25, -0.2) is 0 Å². The number of halogens is 1. The molecule has 2 heterocycles. The van der Waals surface area contributed by atoms with Crippen molar-refractivity contribution in [1.82, 2.24) is 0 Å². The summed E-state index contributed by atoms with van der Waals surface area (Å²) < 4.78 is 11.6. The van der Waals surface area contributed by atoms with Crippen LogP contribution < -0.4 is 9.64 Å². The van der Waals surface area contributed by atoms with Crippen LogP contribution in [0, 0.1) is 10.1 Å². The summed E-state index contributed by atoms with van der Waals surface area (Å²) in [5.41, 5.74) is 1.99. The van der Waals surface area contributed by atoms with Gasteiger partial charge >= 0.3 is 5.69 Å². The lowest BCUT2D eigenvalue weighted by Crippen LogP contribution is -2.37. The molecule has 1 saturated heterocycles. The first kappa shape index (κ1) is 12.7. The summed E-state index contributed by atoms with van der Waals surface area (Å²) in [6.45, 7) is 3.45. The monoisotopic (exact) mass is 328 g/mol. The van der Waals surface area contributed by atoms with E-state index in [1.807, 2.05) is 0 Å². The van der Waals surface area contributed by atoms with Crippen LogP contribution in [-0.4, -0.2) is 37.8 Å². The van der Waals surface area contributed by atoms with Crippen LogP contribution in [0.3, 0.4) is 0 Å². The van der Waals surface area contributed by atoms with Gasteiger partial charge in [-0.05, 0) is 15.9 Å². The van der Waals surface area contributed by atoms with E-state index < -0.39 is 4.92 Å². The molecule has 1 aromatic carbocycles. The zero-order valence-corrected chi connectivity index (χ0v) is 11.8. The third-order valence-electron chi connectivity index (χ3n) is 3.40. The second-order valence-electron chi connectivity index (χ2n) is 4.49. The molecular weight excluding hydrogens is 316 g/mol. The molecule has 102 valence electrons. The van der Waals surface area contributed by atoms with E-state index in [0.29, 0.717) is 32.0 Å².